The number of aromatic nitrogens is 2. The molecule has 0 unspecified atom stereocenters. The molecule has 0 spiro atoms. The molecule has 1 rings (SSSR count). The summed E-state index contributed by atoms with van der Waals surface area (Å²) in [5.74, 6) is 1.26. The molecule has 0 aromatic carbocycles. The standard InChI is InChI=1S/C10H19N3O2/c11-7-4-2-1-3-5-10-12-9(6-8-14)13-15-10/h14H,1-8,11H2. The van der Waals surface area contributed by atoms with Crippen LogP contribution in [-0.4, -0.2) is 28.4 Å². The molecule has 86 valence electrons. The zero-order valence-corrected chi connectivity index (χ0v) is 8.98. The predicted octanol–water partition coefficient (Wildman–Crippen LogP) is 0.666. The zero-order valence-electron chi connectivity index (χ0n) is 8.98. The van der Waals surface area contributed by atoms with Gasteiger partial charge in [0.1, 0.15) is 0 Å². The van der Waals surface area contributed by atoms with Crippen molar-refractivity contribution in [3.05, 3.63) is 11.7 Å². The summed E-state index contributed by atoms with van der Waals surface area (Å²) < 4.78 is 5.03. The van der Waals surface area contributed by atoms with Crippen LogP contribution >= 0.6 is 0 Å². The summed E-state index contributed by atoms with van der Waals surface area (Å²) in [6.45, 7) is 0.830. The lowest BCUT2D eigenvalue weighted by atomic mass is 10.1. The maximum absolute atomic E-state index is 8.67. The Bertz CT molecular complexity index is 263. The first-order chi connectivity index (χ1) is 7.36. The molecule has 0 bridgehead atoms. The van der Waals surface area contributed by atoms with Gasteiger partial charge in [-0.3, -0.25) is 0 Å². The average molecular weight is 213 g/mol. The van der Waals surface area contributed by atoms with Gasteiger partial charge in [0.2, 0.25) is 5.89 Å². The smallest absolute Gasteiger partial charge is 0.226 e. The van der Waals surface area contributed by atoms with Gasteiger partial charge < -0.3 is 15.4 Å². The topological polar surface area (TPSA) is 85.2 Å². The maximum Gasteiger partial charge on any atom is 0.226 e. The summed E-state index contributed by atoms with van der Waals surface area (Å²) in [7, 11) is 0. The van der Waals surface area contributed by atoms with Crippen molar-refractivity contribution in [3.63, 3.8) is 0 Å². The number of aryl methyl sites for hydroxylation is 1. The lowest BCUT2D eigenvalue weighted by Crippen LogP contribution is -1.98. The molecule has 0 aliphatic carbocycles. The molecule has 5 heteroatoms. The van der Waals surface area contributed by atoms with Crippen molar-refractivity contribution < 1.29 is 9.63 Å². The molecule has 0 saturated heterocycles. The normalized spacial score (nSPS) is 10.8. The highest BCUT2D eigenvalue weighted by Gasteiger charge is 2.04. The number of nitrogens with zero attached hydrogens (tertiary/aromatic N) is 2. The lowest BCUT2D eigenvalue weighted by molar-refractivity contribution is 0.292. The highest BCUT2D eigenvalue weighted by atomic mass is 16.5. The molecule has 0 saturated carbocycles. The summed E-state index contributed by atoms with van der Waals surface area (Å²) in [6, 6.07) is 0. The van der Waals surface area contributed by atoms with E-state index in [4.69, 9.17) is 15.4 Å². The van der Waals surface area contributed by atoms with Crippen molar-refractivity contribution in [2.45, 2.75) is 38.5 Å². The van der Waals surface area contributed by atoms with Gasteiger partial charge in [0.05, 0.1) is 6.61 Å². The molecule has 1 heterocycles. The number of hydrogen-bond donors (Lipinski definition) is 2. The van der Waals surface area contributed by atoms with Gasteiger partial charge in [0, 0.05) is 12.8 Å². The number of unbranched alkanes of at least 4 members (excludes halogenated alkanes) is 3. The van der Waals surface area contributed by atoms with E-state index >= 15 is 0 Å². The molecule has 1 aromatic heterocycles. The van der Waals surface area contributed by atoms with Gasteiger partial charge in [-0.05, 0) is 19.4 Å². The highest BCUT2D eigenvalue weighted by Crippen LogP contribution is 2.06. The van der Waals surface area contributed by atoms with Crippen LogP contribution in [0.5, 0.6) is 0 Å². The molecule has 0 fully saturated rings. The second kappa shape index (κ2) is 7.36. The summed E-state index contributed by atoms with van der Waals surface area (Å²) in [6.07, 6.45) is 5.74. The Balaban J connectivity index is 2.14. The molecule has 3 N–H and O–H groups in total. The molecule has 0 atom stereocenters. The number of aliphatic hydroxyl groups excluding tert-OH is 1. The van der Waals surface area contributed by atoms with Gasteiger partial charge in [-0.25, -0.2) is 0 Å². The molecular formula is C10H19N3O2. The maximum atomic E-state index is 8.67. The Morgan fingerprint density at radius 1 is 1.13 bits per heavy atom. The predicted molar refractivity (Wildman–Crippen MR) is 56.3 cm³/mol. The van der Waals surface area contributed by atoms with E-state index in [9.17, 15) is 0 Å². The molecule has 15 heavy (non-hydrogen) atoms. The van der Waals surface area contributed by atoms with Crippen LogP contribution in [0.1, 0.15) is 37.4 Å². The second-order valence-corrected chi connectivity index (χ2v) is 3.53. The van der Waals surface area contributed by atoms with Crippen LogP contribution in [0.3, 0.4) is 0 Å². The van der Waals surface area contributed by atoms with Crippen molar-refractivity contribution in [1.82, 2.24) is 10.1 Å². The fraction of sp³-hybridized carbons (Fsp3) is 0.800. The Kier molecular flexibility index (Phi) is 5.96. The minimum Gasteiger partial charge on any atom is -0.396 e. The van der Waals surface area contributed by atoms with Crippen molar-refractivity contribution in [1.29, 1.82) is 0 Å². The number of rotatable bonds is 8. The minimum absolute atomic E-state index is 0.0650. The number of aliphatic hydroxyl groups is 1. The largest absolute Gasteiger partial charge is 0.396 e. The first-order valence-corrected chi connectivity index (χ1v) is 5.49. The molecular weight excluding hydrogens is 194 g/mol. The third kappa shape index (κ3) is 4.90. The van der Waals surface area contributed by atoms with E-state index in [1.807, 2.05) is 0 Å². The van der Waals surface area contributed by atoms with Gasteiger partial charge in [0.15, 0.2) is 5.82 Å². The van der Waals surface area contributed by atoms with Crippen molar-refractivity contribution in [3.8, 4) is 0 Å². The average Bonchev–Trinajstić information content (AvgIpc) is 2.66. The summed E-state index contributed by atoms with van der Waals surface area (Å²) in [5, 5.41) is 12.4. The summed E-state index contributed by atoms with van der Waals surface area (Å²) in [5.41, 5.74) is 5.39. The van der Waals surface area contributed by atoms with Gasteiger partial charge in [-0.2, -0.15) is 4.98 Å². The Morgan fingerprint density at radius 3 is 2.67 bits per heavy atom. The summed E-state index contributed by atoms with van der Waals surface area (Å²) >= 11 is 0. The molecule has 5 nitrogen and oxygen atoms in total. The third-order valence-corrected chi connectivity index (χ3v) is 2.19. The minimum atomic E-state index is 0.0650. The van der Waals surface area contributed by atoms with Gasteiger partial charge in [0.25, 0.3) is 0 Å². The SMILES string of the molecule is NCCCCCCc1nc(CCO)no1. The van der Waals surface area contributed by atoms with Crippen LogP contribution in [0.4, 0.5) is 0 Å². The fourth-order valence-electron chi connectivity index (χ4n) is 1.37. The van der Waals surface area contributed by atoms with Gasteiger partial charge in [-0.15, -0.1) is 0 Å². The first-order valence-electron chi connectivity index (χ1n) is 5.49. The van der Waals surface area contributed by atoms with Crippen LogP contribution in [0.2, 0.25) is 0 Å². The Hall–Kier alpha value is -0.940. The van der Waals surface area contributed by atoms with Crippen LogP contribution in [0, 0.1) is 0 Å². The van der Waals surface area contributed by atoms with E-state index in [0.717, 1.165) is 38.6 Å². The van der Waals surface area contributed by atoms with Crippen molar-refractivity contribution >= 4 is 0 Å². The zero-order chi connectivity index (χ0) is 10.9. The number of nitrogens with two attached hydrogens (primary N) is 1. The molecule has 0 aliphatic heterocycles. The molecule has 0 radical (unpaired) electrons. The lowest BCUT2D eigenvalue weighted by Gasteiger charge is -1.95. The third-order valence-electron chi connectivity index (χ3n) is 2.19. The van der Waals surface area contributed by atoms with Crippen LogP contribution in [-0.2, 0) is 12.8 Å². The van der Waals surface area contributed by atoms with Crippen LogP contribution in [0.25, 0.3) is 0 Å². The van der Waals surface area contributed by atoms with E-state index in [-0.39, 0.29) is 6.61 Å². The second-order valence-electron chi connectivity index (χ2n) is 3.53. The monoisotopic (exact) mass is 213 g/mol. The first kappa shape index (κ1) is 12.1. The van der Waals surface area contributed by atoms with Crippen LogP contribution < -0.4 is 5.73 Å². The highest BCUT2D eigenvalue weighted by molar-refractivity contribution is 4.86. The molecule has 0 amide bonds. The summed E-state index contributed by atoms with van der Waals surface area (Å²) in [4.78, 5) is 4.16. The van der Waals surface area contributed by atoms with Crippen molar-refractivity contribution in [2.75, 3.05) is 13.2 Å². The molecule has 0 aliphatic rings. The van der Waals surface area contributed by atoms with Gasteiger partial charge >= 0.3 is 0 Å². The Labute approximate surface area is 89.7 Å². The van der Waals surface area contributed by atoms with Crippen LogP contribution in [0.15, 0.2) is 4.52 Å². The van der Waals surface area contributed by atoms with E-state index < -0.39 is 0 Å². The van der Waals surface area contributed by atoms with E-state index in [0.29, 0.717) is 18.1 Å². The fourth-order valence-corrected chi connectivity index (χ4v) is 1.37. The molecule has 1 aromatic rings. The van der Waals surface area contributed by atoms with E-state index in [1.54, 1.807) is 0 Å². The Morgan fingerprint density at radius 2 is 1.93 bits per heavy atom. The van der Waals surface area contributed by atoms with Gasteiger partial charge in [-0.1, -0.05) is 18.0 Å². The van der Waals surface area contributed by atoms with Crippen molar-refractivity contribution in [2.24, 2.45) is 5.73 Å². The quantitative estimate of drug-likeness (QED) is 0.620. The van der Waals surface area contributed by atoms with E-state index in [1.165, 1.54) is 0 Å². The number of hydrogen-bond acceptors (Lipinski definition) is 5. The van der Waals surface area contributed by atoms with E-state index in [2.05, 4.69) is 10.1 Å².